The van der Waals surface area contributed by atoms with Crippen molar-refractivity contribution < 1.29 is 14.3 Å². The summed E-state index contributed by atoms with van der Waals surface area (Å²) in [4.78, 5) is 16.3. The zero-order valence-corrected chi connectivity index (χ0v) is 12.4. The Morgan fingerprint density at radius 2 is 2.20 bits per heavy atom. The van der Waals surface area contributed by atoms with E-state index in [1.54, 1.807) is 6.92 Å². The first-order valence-electron chi connectivity index (χ1n) is 6.56. The van der Waals surface area contributed by atoms with E-state index in [0.717, 1.165) is 10.2 Å². The maximum Gasteiger partial charge on any atom is 0.254 e. The van der Waals surface area contributed by atoms with Gasteiger partial charge in [0.05, 0.1) is 23.4 Å². The highest BCUT2D eigenvalue weighted by Gasteiger charge is 2.15. The number of anilines is 1. The fraction of sp³-hybridized carbons (Fsp3) is 0.429. The third-order valence-corrected chi connectivity index (χ3v) is 3.64. The van der Waals surface area contributed by atoms with Crippen LogP contribution < -0.4 is 5.32 Å². The van der Waals surface area contributed by atoms with Gasteiger partial charge in [0.1, 0.15) is 6.10 Å². The van der Waals surface area contributed by atoms with Gasteiger partial charge in [-0.25, -0.2) is 4.98 Å². The van der Waals surface area contributed by atoms with Gasteiger partial charge in [-0.2, -0.15) is 0 Å². The van der Waals surface area contributed by atoms with Crippen LogP contribution in [-0.2, 0) is 14.3 Å². The van der Waals surface area contributed by atoms with E-state index in [9.17, 15) is 4.79 Å². The van der Waals surface area contributed by atoms with E-state index in [4.69, 9.17) is 9.47 Å². The predicted molar refractivity (Wildman–Crippen MR) is 80.2 cm³/mol. The highest BCUT2D eigenvalue weighted by Crippen LogP contribution is 2.25. The van der Waals surface area contributed by atoms with Crippen molar-refractivity contribution in [3.05, 3.63) is 24.3 Å². The molecule has 1 aromatic carbocycles. The molecule has 0 aliphatic heterocycles. The van der Waals surface area contributed by atoms with Crippen LogP contribution in [0.1, 0.15) is 13.8 Å². The number of hydrogen-bond donors (Lipinski definition) is 1. The molecule has 1 N–H and O–H groups in total. The second-order valence-electron chi connectivity index (χ2n) is 4.19. The minimum absolute atomic E-state index is 0.194. The summed E-state index contributed by atoms with van der Waals surface area (Å²) in [5.74, 6) is -0.194. The molecule has 20 heavy (non-hydrogen) atoms. The standard InChI is InChI=1S/C14H18N2O3S/c1-3-18-8-9-19-10(2)13(17)16-14-15-11-6-4-5-7-12(11)20-14/h4-7,10H,3,8-9H2,1-2H3,(H,15,16,17). The summed E-state index contributed by atoms with van der Waals surface area (Å²) in [5, 5.41) is 3.37. The van der Waals surface area contributed by atoms with E-state index < -0.39 is 6.10 Å². The molecule has 0 saturated heterocycles. The van der Waals surface area contributed by atoms with E-state index in [1.807, 2.05) is 31.2 Å². The number of benzene rings is 1. The van der Waals surface area contributed by atoms with Crippen molar-refractivity contribution >= 4 is 32.6 Å². The summed E-state index contributed by atoms with van der Waals surface area (Å²) in [6.07, 6.45) is -0.525. The van der Waals surface area contributed by atoms with Crippen LogP contribution in [-0.4, -0.2) is 36.8 Å². The van der Waals surface area contributed by atoms with Crippen molar-refractivity contribution in [1.29, 1.82) is 0 Å². The van der Waals surface area contributed by atoms with Gasteiger partial charge in [0.2, 0.25) is 0 Å². The topological polar surface area (TPSA) is 60.5 Å². The molecule has 6 heteroatoms. The molecule has 1 amide bonds. The molecule has 0 saturated carbocycles. The number of amides is 1. The molecular weight excluding hydrogens is 276 g/mol. The summed E-state index contributed by atoms with van der Waals surface area (Å²) in [5.41, 5.74) is 0.887. The van der Waals surface area contributed by atoms with Crippen molar-refractivity contribution in [2.75, 3.05) is 25.1 Å². The van der Waals surface area contributed by atoms with Gasteiger partial charge in [-0.15, -0.1) is 0 Å². The zero-order valence-electron chi connectivity index (χ0n) is 11.6. The number of carbonyl (C=O) groups is 1. The molecule has 0 fully saturated rings. The summed E-state index contributed by atoms with van der Waals surface area (Å²) >= 11 is 1.45. The predicted octanol–water partition coefficient (Wildman–Crippen LogP) is 2.68. The Labute approximate surface area is 121 Å². The van der Waals surface area contributed by atoms with E-state index in [1.165, 1.54) is 11.3 Å². The minimum Gasteiger partial charge on any atom is -0.379 e. The summed E-state index contributed by atoms with van der Waals surface area (Å²) in [6, 6.07) is 7.77. The number of aromatic nitrogens is 1. The van der Waals surface area contributed by atoms with E-state index in [0.29, 0.717) is 25.0 Å². The molecule has 1 heterocycles. The van der Waals surface area contributed by atoms with Gasteiger partial charge in [-0.05, 0) is 26.0 Å². The molecule has 1 unspecified atom stereocenters. The number of thiazole rings is 1. The Morgan fingerprint density at radius 1 is 1.40 bits per heavy atom. The van der Waals surface area contributed by atoms with Gasteiger partial charge >= 0.3 is 0 Å². The number of hydrogen-bond acceptors (Lipinski definition) is 5. The number of para-hydroxylation sites is 1. The molecule has 5 nitrogen and oxygen atoms in total. The van der Waals surface area contributed by atoms with Crippen LogP contribution in [0.25, 0.3) is 10.2 Å². The minimum atomic E-state index is -0.525. The Balaban J connectivity index is 1.87. The fourth-order valence-electron chi connectivity index (χ4n) is 1.64. The van der Waals surface area contributed by atoms with Crippen LogP contribution in [0.3, 0.4) is 0 Å². The van der Waals surface area contributed by atoms with Gasteiger partial charge in [-0.1, -0.05) is 23.5 Å². The van der Waals surface area contributed by atoms with Crippen LogP contribution in [0.4, 0.5) is 5.13 Å². The van der Waals surface area contributed by atoms with Crippen molar-refractivity contribution in [1.82, 2.24) is 4.98 Å². The largest absolute Gasteiger partial charge is 0.379 e. The summed E-state index contributed by atoms with van der Waals surface area (Å²) < 4.78 is 11.6. The van der Waals surface area contributed by atoms with Crippen LogP contribution in [0.15, 0.2) is 24.3 Å². The molecule has 1 atom stereocenters. The fourth-order valence-corrected chi connectivity index (χ4v) is 2.51. The van der Waals surface area contributed by atoms with Crippen molar-refractivity contribution in [2.45, 2.75) is 20.0 Å². The first-order chi connectivity index (χ1) is 9.70. The van der Waals surface area contributed by atoms with Crippen molar-refractivity contribution in [3.63, 3.8) is 0 Å². The van der Waals surface area contributed by atoms with Crippen LogP contribution in [0, 0.1) is 0 Å². The Morgan fingerprint density at radius 3 is 2.95 bits per heavy atom. The normalized spacial score (nSPS) is 12.5. The van der Waals surface area contributed by atoms with E-state index >= 15 is 0 Å². The summed E-state index contributed by atoms with van der Waals surface area (Å²) in [6.45, 7) is 5.19. The lowest BCUT2D eigenvalue weighted by molar-refractivity contribution is -0.127. The van der Waals surface area contributed by atoms with Crippen molar-refractivity contribution in [3.8, 4) is 0 Å². The van der Waals surface area contributed by atoms with Gasteiger partial charge in [-0.3, -0.25) is 10.1 Å². The maximum atomic E-state index is 11.9. The molecule has 108 valence electrons. The molecule has 0 aliphatic carbocycles. The average molecular weight is 294 g/mol. The second-order valence-corrected chi connectivity index (χ2v) is 5.22. The zero-order chi connectivity index (χ0) is 14.4. The third kappa shape index (κ3) is 4.00. The van der Waals surface area contributed by atoms with Crippen LogP contribution in [0.5, 0.6) is 0 Å². The van der Waals surface area contributed by atoms with E-state index in [2.05, 4.69) is 10.3 Å². The third-order valence-electron chi connectivity index (χ3n) is 2.69. The average Bonchev–Trinajstić information content (AvgIpc) is 2.85. The summed E-state index contributed by atoms with van der Waals surface area (Å²) in [7, 11) is 0. The Hall–Kier alpha value is -1.50. The lowest BCUT2D eigenvalue weighted by Gasteiger charge is -2.11. The Bertz CT molecular complexity index is 537. The van der Waals surface area contributed by atoms with E-state index in [-0.39, 0.29) is 5.91 Å². The second kappa shape index (κ2) is 7.33. The van der Waals surface area contributed by atoms with Gasteiger partial charge < -0.3 is 9.47 Å². The first-order valence-corrected chi connectivity index (χ1v) is 7.38. The molecule has 0 radical (unpaired) electrons. The lowest BCUT2D eigenvalue weighted by Crippen LogP contribution is -2.28. The number of carbonyl (C=O) groups excluding carboxylic acids is 1. The number of fused-ring (bicyclic) bond motifs is 1. The SMILES string of the molecule is CCOCCOC(C)C(=O)Nc1nc2ccccc2s1. The Kier molecular flexibility index (Phi) is 5.46. The number of rotatable bonds is 7. The molecule has 2 rings (SSSR count). The van der Waals surface area contributed by atoms with Crippen LogP contribution in [0.2, 0.25) is 0 Å². The van der Waals surface area contributed by atoms with Gasteiger partial charge in [0.15, 0.2) is 5.13 Å². The molecule has 1 aromatic heterocycles. The highest BCUT2D eigenvalue weighted by molar-refractivity contribution is 7.22. The van der Waals surface area contributed by atoms with Gasteiger partial charge in [0, 0.05) is 6.61 Å². The first kappa shape index (κ1) is 14.9. The number of nitrogens with zero attached hydrogens (tertiary/aromatic N) is 1. The highest BCUT2D eigenvalue weighted by atomic mass is 32.1. The van der Waals surface area contributed by atoms with Gasteiger partial charge in [0.25, 0.3) is 5.91 Å². The van der Waals surface area contributed by atoms with Crippen molar-refractivity contribution in [2.24, 2.45) is 0 Å². The molecule has 0 aliphatic rings. The smallest absolute Gasteiger partial charge is 0.254 e. The monoisotopic (exact) mass is 294 g/mol. The maximum absolute atomic E-state index is 11.9. The molecule has 0 bridgehead atoms. The molecule has 2 aromatic rings. The van der Waals surface area contributed by atoms with Crippen LogP contribution >= 0.6 is 11.3 Å². The quantitative estimate of drug-likeness (QED) is 0.798. The molecule has 0 spiro atoms. The lowest BCUT2D eigenvalue weighted by atomic mass is 10.3. The number of nitrogens with one attached hydrogen (secondary N) is 1. The molecular formula is C14H18N2O3S. The number of ether oxygens (including phenoxy) is 2.